The minimum Gasteiger partial charge on any atom is -0.290 e. The molecule has 0 unspecified atom stereocenters. The molecule has 1 N–H and O–H groups in total. The summed E-state index contributed by atoms with van der Waals surface area (Å²) in [7, 11) is 0. The molecule has 0 radical (unpaired) electrons. The van der Waals surface area contributed by atoms with Gasteiger partial charge in [-0.1, -0.05) is 0 Å². The Hall–Kier alpha value is -3.03. The first-order chi connectivity index (χ1) is 10.7. The fraction of sp³-hybridized carbons (Fsp3) is 0.0667. The van der Waals surface area contributed by atoms with Gasteiger partial charge in [-0.25, -0.2) is 4.52 Å². The van der Waals surface area contributed by atoms with Crippen molar-refractivity contribution in [2.24, 2.45) is 0 Å². The molecule has 0 amide bonds. The highest BCUT2D eigenvalue weighted by Gasteiger charge is 2.19. The molecule has 3 aromatic heterocycles. The third-order valence-electron chi connectivity index (χ3n) is 3.30. The molecule has 106 valence electrons. The van der Waals surface area contributed by atoms with E-state index in [0.717, 1.165) is 5.56 Å². The van der Waals surface area contributed by atoms with Crippen LogP contribution in [-0.2, 0) is 0 Å². The first-order valence-corrected chi connectivity index (χ1v) is 7.50. The van der Waals surface area contributed by atoms with E-state index in [9.17, 15) is 15.3 Å². The van der Waals surface area contributed by atoms with Gasteiger partial charge in [-0.2, -0.15) is 10.5 Å². The van der Waals surface area contributed by atoms with Crippen LogP contribution in [-0.4, -0.2) is 20.9 Å². The number of thioether (sulfide) groups is 1. The Morgan fingerprint density at radius 2 is 1.91 bits per heavy atom. The fourth-order valence-corrected chi connectivity index (χ4v) is 2.99. The molecular formula is C15H9N5OS. The molecule has 6 nitrogen and oxygen atoms in total. The van der Waals surface area contributed by atoms with Crippen LogP contribution < -0.4 is 5.56 Å². The van der Waals surface area contributed by atoms with Crippen LogP contribution in [0.25, 0.3) is 16.8 Å². The molecule has 3 aromatic rings. The number of aromatic nitrogens is 3. The zero-order valence-corrected chi connectivity index (χ0v) is 12.3. The van der Waals surface area contributed by atoms with Gasteiger partial charge < -0.3 is 0 Å². The summed E-state index contributed by atoms with van der Waals surface area (Å²) in [5, 5.41) is 21.6. The number of H-pyrrole nitrogens is 1. The Balaban J connectivity index is 2.43. The molecule has 22 heavy (non-hydrogen) atoms. The summed E-state index contributed by atoms with van der Waals surface area (Å²) in [6, 6.07) is 9.31. The van der Waals surface area contributed by atoms with E-state index < -0.39 is 5.56 Å². The van der Waals surface area contributed by atoms with Crippen molar-refractivity contribution < 1.29 is 0 Å². The van der Waals surface area contributed by atoms with E-state index in [1.165, 1.54) is 16.3 Å². The van der Waals surface area contributed by atoms with Crippen LogP contribution in [0.2, 0.25) is 0 Å². The summed E-state index contributed by atoms with van der Waals surface area (Å²) in [4.78, 5) is 16.8. The van der Waals surface area contributed by atoms with Crippen LogP contribution in [0.15, 0.2) is 40.3 Å². The number of nitriles is 2. The first kappa shape index (κ1) is 13.9. The standard InChI is InChI=1S/C15H9N5OS/c1-22-14-10(7-16)13-6-12(9-2-4-18-5-3-9)19-20(13)15(21)11(14)8-17/h2-6,19H,1H3. The highest BCUT2D eigenvalue weighted by atomic mass is 32.2. The number of fused-ring (bicyclic) bond motifs is 1. The Bertz CT molecular complexity index is 1000. The Labute approximate surface area is 129 Å². The van der Waals surface area contributed by atoms with Crippen molar-refractivity contribution >= 4 is 17.3 Å². The molecule has 0 saturated carbocycles. The molecule has 0 aliphatic heterocycles. The van der Waals surface area contributed by atoms with Crippen LogP contribution in [0.3, 0.4) is 0 Å². The Morgan fingerprint density at radius 3 is 2.50 bits per heavy atom. The van der Waals surface area contributed by atoms with Gasteiger partial charge in [-0.3, -0.25) is 14.9 Å². The van der Waals surface area contributed by atoms with Gasteiger partial charge in [0.25, 0.3) is 5.56 Å². The zero-order chi connectivity index (χ0) is 15.7. The zero-order valence-electron chi connectivity index (χ0n) is 11.5. The Morgan fingerprint density at radius 1 is 1.23 bits per heavy atom. The first-order valence-electron chi connectivity index (χ1n) is 6.27. The summed E-state index contributed by atoms with van der Waals surface area (Å²) in [5.41, 5.74) is 1.82. The maximum absolute atomic E-state index is 12.4. The summed E-state index contributed by atoms with van der Waals surface area (Å²) in [6.07, 6.45) is 5.02. The van der Waals surface area contributed by atoms with Gasteiger partial charge in [0.2, 0.25) is 0 Å². The third kappa shape index (κ3) is 1.96. The second-order valence-electron chi connectivity index (χ2n) is 4.44. The average molecular weight is 307 g/mol. The van der Waals surface area contributed by atoms with Crippen molar-refractivity contribution in [3.05, 3.63) is 52.1 Å². The molecular weight excluding hydrogens is 298 g/mol. The van der Waals surface area contributed by atoms with Crippen LogP contribution in [0.4, 0.5) is 0 Å². The molecule has 0 spiro atoms. The SMILES string of the molecule is CSc1c(C#N)c(=O)n2[nH]c(-c3ccncc3)cc2c1C#N. The number of aromatic amines is 1. The largest absolute Gasteiger partial charge is 0.290 e. The van der Waals surface area contributed by atoms with Crippen molar-refractivity contribution in [1.29, 1.82) is 10.5 Å². The fourth-order valence-electron chi connectivity index (χ4n) is 2.30. The number of nitrogens with one attached hydrogen (secondary N) is 1. The van der Waals surface area contributed by atoms with Gasteiger partial charge >= 0.3 is 0 Å². The monoisotopic (exact) mass is 307 g/mol. The summed E-state index contributed by atoms with van der Waals surface area (Å²) < 4.78 is 1.24. The normalized spacial score (nSPS) is 10.3. The van der Waals surface area contributed by atoms with E-state index in [4.69, 9.17) is 0 Å². The number of hydrogen-bond acceptors (Lipinski definition) is 5. The van der Waals surface area contributed by atoms with E-state index in [0.29, 0.717) is 21.7 Å². The number of pyridine rings is 2. The van der Waals surface area contributed by atoms with Gasteiger partial charge in [0, 0.05) is 18.0 Å². The van der Waals surface area contributed by atoms with Crippen LogP contribution in [0.5, 0.6) is 0 Å². The number of nitrogens with zero attached hydrogens (tertiary/aromatic N) is 4. The van der Waals surface area contributed by atoms with Crippen LogP contribution in [0, 0.1) is 22.7 Å². The molecule has 0 aromatic carbocycles. The summed E-state index contributed by atoms with van der Waals surface area (Å²) >= 11 is 1.22. The molecule has 0 aliphatic rings. The third-order valence-corrected chi connectivity index (χ3v) is 4.12. The van der Waals surface area contributed by atoms with Crippen molar-refractivity contribution in [3.8, 4) is 23.4 Å². The van der Waals surface area contributed by atoms with Gasteiger partial charge in [0.15, 0.2) is 0 Å². The van der Waals surface area contributed by atoms with E-state index in [-0.39, 0.29) is 5.56 Å². The minimum atomic E-state index is -0.457. The number of rotatable bonds is 2. The van der Waals surface area contributed by atoms with Gasteiger partial charge in [0.1, 0.15) is 17.7 Å². The van der Waals surface area contributed by atoms with Gasteiger partial charge in [-0.05, 0) is 24.5 Å². The molecule has 0 saturated heterocycles. The molecule has 7 heteroatoms. The minimum absolute atomic E-state index is 0.0234. The lowest BCUT2D eigenvalue weighted by atomic mass is 10.1. The lowest BCUT2D eigenvalue weighted by molar-refractivity contribution is 0.905. The Kier molecular flexibility index (Phi) is 3.42. The maximum Gasteiger partial charge on any atom is 0.288 e. The number of hydrogen-bond donors (Lipinski definition) is 1. The topological polar surface area (TPSA) is 97.7 Å². The van der Waals surface area contributed by atoms with Crippen molar-refractivity contribution in [2.75, 3.05) is 6.26 Å². The second-order valence-corrected chi connectivity index (χ2v) is 5.25. The van der Waals surface area contributed by atoms with Crippen molar-refractivity contribution in [3.63, 3.8) is 0 Å². The quantitative estimate of drug-likeness (QED) is 0.731. The molecule has 0 aliphatic carbocycles. The maximum atomic E-state index is 12.4. The lowest BCUT2D eigenvalue weighted by Gasteiger charge is -2.04. The van der Waals surface area contributed by atoms with Gasteiger partial charge in [0.05, 0.1) is 21.7 Å². The lowest BCUT2D eigenvalue weighted by Crippen LogP contribution is -2.19. The average Bonchev–Trinajstić information content (AvgIpc) is 3.01. The second kappa shape index (κ2) is 5.40. The van der Waals surface area contributed by atoms with E-state index >= 15 is 0 Å². The molecule has 0 fully saturated rings. The molecule has 3 heterocycles. The van der Waals surface area contributed by atoms with Crippen molar-refractivity contribution in [1.82, 2.24) is 14.6 Å². The highest BCUT2D eigenvalue weighted by Crippen LogP contribution is 2.28. The molecule has 0 atom stereocenters. The molecule has 3 rings (SSSR count). The predicted octanol–water partition coefficient (Wildman–Crippen LogP) is 2.15. The summed E-state index contributed by atoms with van der Waals surface area (Å²) in [5.74, 6) is 0. The van der Waals surface area contributed by atoms with Crippen LogP contribution >= 0.6 is 11.8 Å². The van der Waals surface area contributed by atoms with E-state index in [1.807, 2.05) is 6.07 Å². The van der Waals surface area contributed by atoms with Crippen LogP contribution in [0.1, 0.15) is 11.1 Å². The smallest absolute Gasteiger partial charge is 0.288 e. The van der Waals surface area contributed by atoms with E-state index in [1.54, 1.807) is 36.8 Å². The highest BCUT2D eigenvalue weighted by molar-refractivity contribution is 7.98. The predicted molar refractivity (Wildman–Crippen MR) is 82.5 cm³/mol. The van der Waals surface area contributed by atoms with Gasteiger partial charge in [-0.15, -0.1) is 11.8 Å². The molecule has 0 bridgehead atoms. The van der Waals surface area contributed by atoms with Crippen molar-refractivity contribution in [2.45, 2.75) is 4.90 Å². The van der Waals surface area contributed by atoms with E-state index in [2.05, 4.69) is 16.2 Å². The summed E-state index contributed by atoms with van der Waals surface area (Å²) in [6.45, 7) is 0.